The number of amides is 1. The molecule has 3 aromatic rings. The van der Waals surface area contributed by atoms with Crippen LogP contribution in [0.3, 0.4) is 0 Å². The summed E-state index contributed by atoms with van der Waals surface area (Å²) < 4.78 is 128. The van der Waals surface area contributed by atoms with Gasteiger partial charge in [-0.3, -0.25) is 4.79 Å². The molecular weight excluding hydrogens is 667 g/mol. The fourth-order valence-electron chi connectivity index (χ4n) is 6.82. The summed E-state index contributed by atoms with van der Waals surface area (Å²) in [7, 11) is -4.48. The van der Waals surface area contributed by atoms with Gasteiger partial charge in [0.05, 0.1) is 11.5 Å². The van der Waals surface area contributed by atoms with Crippen LogP contribution in [0.5, 0.6) is 0 Å². The van der Waals surface area contributed by atoms with Crippen molar-refractivity contribution in [2.75, 3.05) is 26.5 Å². The number of sulfone groups is 1. The van der Waals surface area contributed by atoms with Gasteiger partial charge in [-0.05, 0) is 66.8 Å². The van der Waals surface area contributed by atoms with Crippen LogP contribution in [0, 0.1) is 11.8 Å². The molecule has 2 fully saturated rings. The van der Waals surface area contributed by atoms with E-state index in [0.29, 0.717) is 55.5 Å². The molecule has 1 heterocycles. The summed E-state index contributed by atoms with van der Waals surface area (Å²) in [5.41, 5.74) is -6.34. The Hall–Kier alpha value is -3.49. The lowest BCUT2D eigenvalue weighted by atomic mass is 9.81. The van der Waals surface area contributed by atoms with Gasteiger partial charge in [0.15, 0.2) is 9.84 Å². The molecule has 1 aliphatic carbocycles. The van der Waals surface area contributed by atoms with Crippen molar-refractivity contribution in [2.45, 2.75) is 59.8 Å². The van der Waals surface area contributed by atoms with Crippen LogP contribution in [0.4, 0.5) is 30.7 Å². The second-order valence-corrected chi connectivity index (χ2v) is 14.6. The first-order valence-electron chi connectivity index (χ1n) is 15.4. The van der Waals surface area contributed by atoms with Crippen LogP contribution < -0.4 is 0 Å². The summed E-state index contributed by atoms with van der Waals surface area (Å²) in [5, 5.41) is 8.92. The molecule has 1 atom stereocenters. The number of nitrogens with zero attached hydrogens (tertiary/aromatic N) is 1. The molecule has 5 rings (SSSR count). The minimum Gasteiger partial charge on any atom is -0.371 e. The highest BCUT2D eigenvalue weighted by molar-refractivity contribution is 7.92. The number of hydrogen-bond acceptors (Lipinski definition) is 5. The van der Waals surface area contributed by atoms with Gasteiger partial charge in [-0.2, -0.15) is 26.3 Å². The van der Waals surface area contributed by atoms with Crippen LogP contribution in [0.1, 0.15) is 43.2 Å². The number of halogens is 7. The molecule has 6 nitrogen and oxygen atoms in total. The van der Waals surface area contributed by atoms with Gasteiger partial charge in [0.2, 0.25) is 5.91 Å². The van der Waals surface area contributed by atoms with Gasteiger partial charge in [-0.25, -0.2) is 12.8 Å². The first-order valence-corrected chi connectivity index (χ1v) is 16.8. The number of rotatable bonds is 9. The van der Waals surface area contributed by atoms with Crippen LogP contribution >= 0.6 is 0 Å². The van der Waals surface area contributed by atoms with Gasteiger partial charge in [0.1, 0.15) is 11.5 Å². The number of benzene rings is 3. The third-order valence-corrected chi connectivity index (χ3v) is 12.0. The molecule has 1 unspecified atom stereocenters. The highest BCUT2D eigenvalue weighted by atomic mass is 32.2. The lowest BCUT2D eigenvalue weighted by molar-refractivity contribution is -0.348. The monoisotopic (exact) mass is 701 g/mol. The van der Waals surface area contributed by atoms with Crippen molar-refractivity contribution in [1.82, 2.24) is 4.90 Å². The van der Waals surface area contributed by atoms with Crippen molar-refractivity contribution < 1.29 is 53.8 Å². The Balaban J connectivity index is 1.54. The van der Waals surface area contributed by atoms with E-state index in [1.807, 2.05) is 0 Å². The Bertz CT molecular complexity index is 1680. The lowest BCUT2D eigenvalue weighted by Gasteiger charge is -2.33. The van der Waals surface area contributed by atoms with Gasteiger partial charge in [0, 0.05) is 24.6 Å². The molecule has 1 saturated carbocycles. The molecule has 1 aliphatic heterocycles. The van der Waals surface area contributed by atoms with Crippen molar-refractivity contribution in [1.29, 1.82) is 0 Å². The Morgan fingerprint density at radius 1 is 0.833 bits per heavy atom. The average Bonchev–Trinajstić information content (AvgIpc) is 3.54. The molecule has 0 bridgehead atoms. The van der Waals surface area contributed by atoms with Crippen LogP contribution in [0.2, 0.25) is 0 Å². The summed E-state index contributed by atoms with van der Waals surface area (Å²) in [4.78, 5) is 14.9. The largest absolute Gasteiger partial charge is 0.435 e. The predicted molar refractivity (Wildman–Crippen MR) is 162 cm³/mol. The molecule has 1 amide bonds. The van der Waals surface area contributed by atoms with Gasteiger partial charge in [-0.1, -0.05) is 66.7 Å². The predicted octanol–water partition coefficient (Wildman–Crippen LogP) is 7.32. The summed E-state index contributed by atoms with van der Waals surface area (Å²) in [5.74, 6) is -0.589. The molecule has 2 aliphatic rings. The molecule has 260 valence electrons. The van der Waals surface area contributed by atoms with Crippen LogP contribution in [0.15, 0.2) is 83.8 Å². The maximum absolute atomic E-state index is 14.9. The fourth-order valence-corrected chi connectivity index (χ4v) is 8.95. The molecule has 3 aromatic carbocycles. The maximum atomic E-state index is 14.9. The van der Waals surface area contributed by atoms with E-state index in [1.54, 1.807) is 36.4 Å². The molecule has 48 heavy (non-hydrogen) atoms. The summed E-state index contributed by atoms with van der Waals surface area (Å²) in [6.07, 6.45) is -10.6. The quantitative estimate of drug-likeness (QED) is 0.187. The van der Waals surface area contributed by atoms with Crippen molar-refractivity contribution in [3.8, 4) is 11.1 Å². The fraction of sp³-hybridized carbons (Fsp3) is 0.441. The van der Waals surface area contributed by atoms with E-state index in [-0.39, 0.29) is 35.2 Å². The van der Waals surface area contributed by atoms with E-state index in [2.05, 4.69) is 0 Å². The number of carbonyl (C=O) groups is 1. The SMILES string of the molecule is O=C([C@H]1CC[C@H](COCO)CC1)N1CCC(c2ccc(C(F)(C(F)(F)F)C(F)(F)F)cc2)(S(=O)(=O)c2cccc(-c3ccccc3)c2)C1. The Morgan fingerprint density at radius 3 is 2.02 bits per heavy atom. The Labute approximate surface area is 273 Å². The Morgan fingerprint density at radius 2 is 1.44 bits per heavy atom. The normalized spacial score (nSPS) is 22.5. The van der Waals surface area contributed by atoms with E-state index in [1.165, 1.54) is 23.1 Å². The zero-order valence-electron chi connectivity index (χ0n) is 25.6. The third-order valence-electron chi connectivity index (χ3n) is 9.54. The minimum absolute atomic E-state index is 0.0378. The smallest absolute Gasteiger partial charge is 0.371 e. The van der Waals surface area contributed by atoms with Crippen LogP contribution in [-0.4, -0.2) is 63.2 Å². The number of aliphatic hydroxyl groups excluding tert-OH is 1. The number of likely N-dealkylation sites (tertiary alicyclic amines) is 1. The molecular formula is C34H34F7NO5S. The summed E-state index contributed by atoms with van der Waals surface area (Å²) >= 11 is 0. The first-order chi connectivity index (χ1) is 22.5. The number of aliphatic hydroxyl groups is 1. The molecule has 0 aromatic heterocycles. The van der Waals surface area contributed by atoms with Gasteiger partial charge in [-0.15, -0.1) is 0 Å². The number of ether oxygens (including phenoxy) is 1. The topological polar surface area (TPSA) is 83.9 Å². The van der Waals surface area contributed by atoms with E-state index >= 15 is 0 Å². The summed E-state index contributed by atoms with van der Waals surface area (Å²) in [6, 6.07) is 17.0. The van der Waals surface area contributed by atoms with E-state index in [0.717, 1.165) is 12.1 Å². The molecule has 14 heteroatoms. The number of alkyl halides is 7. The molecule has 1 saturated heterocycles. The standard InChI is InChI=1S/C34H34F7NO5S/c35-32(33(36,37)38,34(39,40)41)28-15-13-27(14-16-28)31(48(45,46)29-8-4-7-26(19-29)24-5-2-1-3-6-24)17-18-42(21-31)30(44)25-11-9-23(10-12-25)20-47-22-43/h1-8,13-16,19,23,25,43H,9-12,17-18,20-22H2/t23-,25-,31?. The van der Waals surface area contributed by atoms with Gasteiger partial charge >= 0.3 is 18.0 Å². The van der Waals surface area contributed by atoms with Gasteiger partial charge in [0.25, 0.3) is 0 Å². The summed E-state index contributed by atoms with van der Waals surface area (Å²) in [6.45, 7) is -0.527. The second kappa shape index (κ2) is 13.4. The van der Waals surface area contributed by atoms with Crippen molar-refractivity contribution >= 4 is 15.7 Å². The van der Waals surface area contributed by atoms with Crippen molar-refractivity contribution in [3.05, 3.63) is 90.0 Å². The van der Waals surface area contributed by atoms with E-state index < -0.39 is 57.4 Å². The first kappa shape index (κ1) is 35.8. The lowest BCUT2D eigenvalue weighted by Crippen LogP contribution is -2.50. The molecule has 1 N–H and O–H groups in total. The van der Waals surface area contributed by atoms with E-state index in [9.17, 15) is 43.9 Å². The highest BCUT2D eigenvalue weighted by Crippen LogP contribution is 2.54. The van der Waals surface area contributed by atoms with Crippen molar-refractivity contribution in [2.24, 2.45) is 11.8 Å². The van der Waals surface area contributed by atoms with Crippen LogP contribution in [0.25, 0.3) is 11.1 Å². The number of hydrogen-bond donors (Lipinski definition) is 1. The molecule has 0 radical (unpaired) electrons. The zero-order valence-corrected chi connectivity index (χ0v) is 26.4. The minimum atomic E-state index is -6.34. The Kier molecular flexibility index (Phi) is 10.0. The van der Waals surface area contributed by atoms with E-state index in [4.69, 9.17) is 9.84 Å². The van der Waals surface area contributed by atoms with Crippen LogP contribution in [-0.2, 0) is 29.8 Å². The zero-order chi connectivity index (χ0) is 35.0. The van der Waals surface area contributed by atoms with Gasteiger partial charge < -0.3 is 14.7 Å². The average molecular weight is 702 g/mol. The number of carbonyl (C=O) groups excluding carboxylic acids is 1. The second-order valence-electron chi connectivity index (χ2n) is 12.4. The highest BCUT2D eigenvalue weighted by Gasteiger charge is 2.73. The van der Waals surface area contributed by atoms with Crippen molar-refractivity contribution in [3.63, 3.8) is 0 Å². The third kappa shape index (κ3) is 6.46. The molecule has 0 spiro atoms. The maximum Gasteiger partial charge on any atom is 0.435 e.